The first kappa shape index (κ1) is 20.7. The third-order valence-corrected chi connectivity index (χ3v) is 4.88. The van der Waals surface area contributed by atoms with Crippen LogP contribution in [0.5, 0.6) is 0 Å². The van der Waals surface area contributed by atoms with Gasteiger partial charge in [0, 0.05) is 18.3 Å². The second-order valence-corrected chi connectivity index (χ2v) is 6.87. The van der Waals surface area contributed by atoms with Crippen molar-refractivity contribution in [1.82, 2.24) is 4.90 Å². The molecular formula is C22H32ClN. The molecule has 0 fully saturated rings. The van der Waals surface area contributed by atoms with Gasteiger partial charge in [0.1, 0.15) is 0 Å². The van der Waals surface area contributed by atoms with Crippen LogP contribution in [0.15, 0.2) is 70.9 Å². The predicted octanol–water partition coefficient (Wildman–Crippen LogP) is 6.07. The number of likely N-dealkylation sites (N-methyl/N-ethyl adjacent to an activating group) is 1. The maximum atomic E-state index is 6.35. The summed E-state index contributed by atoms with van der Waals surface area (Å²) in [5, 5.41) is 0. The molecule has 0 radical (unpaired) electrons. The molecule has 0 aliphatic heterocycles. The first-order chi connectivity index (χ1) is 11.4. The fourth-order valence-electron chi connectivity index (χ4n) is 2.81. The van der Waals surface area contributed by atoms with E-state index < -0.39 is 0 Å². The van der Waals surface area contributed by atoms with E-state index in [-0.39, 0.29) is 0 Å². The minimum Gasteiger partial charge on any atom is -0.303 e. The van der Waals surface area contributed by atoms with E-state index in [1.54, 1.807) is 0 Å². The minimum absolute atomic E-state index is 0.338. The monoisotopic (exact) mass is 345 g/mol. The average molecular weight is 346 g/mol. The van der Waals surface area contributed by atoms with Crippen LogP contribution in [0.4, 0.5) is 0 Å². The third kappa shape index (κ3) is 6.30. The quantitative estimate of drug-likeness (QED) is 0.381. The SMILES string of the molecule is C=C/C(C)=C\C(=C(/CCl)CN(C)CC)C(C)C1=CC(C)=CC=CC1. The van der Waals surface area contributed by atoms with Gasteiger partial charge >= 0.3 is 0 Å². The molecule has 0 N–H and O–H groups in total. The van der Waals surface area contributed by atoms with E-state index >= 15 is 0 Å². The summed E-state index contributed by atoms with van der Waals surface area (Å²) in [6.07, 6.45) is 14.0. The zero-order valence-corrected chi connectivity index (χ0v) is 16.7. The van der Waals surface area contributed by atoms with Crippen LogP contribution in [0.2, 0.25) is 0 Å². The molecule has 1 aliphatic carbocycles. The van der Waals surface area contributed by atoms with Crippen LogP contribution in [0.25, 0.3) is 0 Å². The fourth-order valence-corrected chi connectivity index (χ4v) is 3.05. The highest BCUT2D eigenvalue weighted by atomic mass is 35.5. The molecule has 0 bridgehead atoms. The van der Waals surface area contributed by atoms with Crippen LogP contribution in [-0.2, 0) is 0 Å². The third-order valence-electron chi connectivity index (χ3n) is 4.56. The first-order valence-electron chi connectivity index (χ1n) is 8.73. The Bertz CT molecular complexity index is 587. The van der Waals surface area contributed by atoms with Crippen molar-refractivity contribution in [3.63, 3.8) is 0 Å². The van der Waals surface area contributed by atoms with Gasteiger partial charge in [-0.3, -0.25) is 0 Å². The van der Waals surface area contributed by atoms with Crippen LogP contribution >= 0.6 is 11.6 Å². The average Bonchev–Trinajstić information content (AvgIpc) is 2.81. The van der Waals surface area contributed by atoms with Gasteiger partial charge in [0.25, 0.3) is 0 Å². The van der Waals surface area contributed by atoms with E-state index in [2.05, 4.69) is 76.6 Å². The summed E-state index contributed by atoms with van der Waals surface area (Å²) in [7, 11) is 2.14. The van der Waals surface area contributed by atoms with Crippen molar-refractivity contribution in [2.75, 3.05) is 26.0 Å². The van der Waals surface area contributed by atoms with Gasteiger partial charge in [-0.05, 0) is 45.0 Å². The molecule has 0 aromatic heterocycles. The van der Waals surface area contributed by atoms with E-state index in [9.17, 15) is 0 Å². The lowest BCUT2D eigenvalue weighted by Crippen LogP contribution is -2.23. The highest BCUT2D eigenvalue weighted by molar-refractivity contribution is 6.19. The van der Waals surface area contributed by atoms with Crippen molar-refractivity contribution >= 4 is 11.6 Å². The van der Waals surface area contributed by atoms with E-state index in [0.717, 1.165) is 19.5 Å². The Kier molecular flexibility index (Phi) is 9.10. The van der Waals surface area contributed by atoms with Crippen molar-refractivity contribution in [3.8, 4) is 0 Å². The Labute approximate surface area is 153 Å². The van der Waals surface area contributed by atoms with E-state index in [0.29, 0.717) is 11.8 Å². The van der Waals surface area contributed by atoms with E-state index in [1.165, 1.54) is 27.9 Å². The van der Waals surface area contributed by atoms with Gasteiger partial charge in [0.05, 0.1) is 0 Å². The molecule has 1 nitrogen and oxygen atoms in total. The molecule has 0 aromatic rings. The van der Waals surface area contributed by atoms with Crippen LogP contribution in [0.1, 0.15) is 34.1 Å². The summed E-state index contributed by atoms with van der Waals surface area (Å²) in [5.41, 5.74) is 6.54. The smallest absolute Gasteiger partial charge is 0.0452 e. The number of nitrogens with zero attached hydrogens (tertiary/aromatic N) is 1. The van der Waals surface area contributed by atoms with Gasteiger partial charge in [-0.25, -0.2) is 0 Å². The molecule has 1 unspecified atom stereocenters. The Balaban J connectivity index is 3.33. The maximum absolute atomic E-state index is 6.35. The van der Waals surface area contributed by atoms with Gasteiger partial charge in [-0.1, -0.05) is 73.6 Å². The van der Waals surface area contributed by atoms with Crippen molar-refractivity contribution in [3.05, 3.63) is 70.9 Å². The number of rotatable bonds is 8. The fraction of sp³-hybridized carbons (Fsp3) is 0.455. The van der Waals surface area contributed by atoms with Crippen LogP contribution < -0.4 is 0 Å². The molecule has 1 atom stereocenters. The van der Waals surface area contributed by atoms with E-state index in [1.807, 2.05) is 6.08 Å². The van der Waals surface area contributed by atoms with Gasteiger partial charge in [-0.15, -0.1) is 11.6 Å². The summed E-state index contributed by atoms with van der Waals surface area (Å²) in [6, 6.07) is 0. The van der Waals surface area contributed by atoms with Crippen molar-refractivity contribution in [2.45, 2.75) is 34.1 Å². The van der Waals surface area contributed by atoms with Gasteiger partial charge in [0.2, 0.25) is 0 Å². The molecule has 0 saturated carbocycles. The second-order valence-electron chi connectivity index (χ2n) is 6.60. The summed E-state index contributed by atoms with van der Waals surface area (Å²) in [5.74, 6) is 0.896. The van der Waals surface area contributed by atoms with Crippen LogP contribution in [0, 0.1) is 5.92 Å². The standard InChI is InChI=1S/C22H32ClN/c1-7-17(3)14-22(21(15-23)16-24(6)8-2)19(5)20-12-10-9-11-18(4)13-20/h7,9-11,13-14,19H,1,8,12,15-16H2,2-6H3/b17-14-,22-21-. The largest absolute Gasteiger partial charge is 0.303 e. The Hall–Kier alpha value is -1.31. The lowest BCUT2D eigenvalue weighted by molar-refractivity contribution is 0.382. The highest BCUT2D eigenvalue weighted by Crippen LogP contribution is 2.30. The van der Waals surface area contributed by atoms with E-state index in [4.69, 9.17) is 11.6 Å². The van der Waals surface area contributed by atoms with Gasteiger partial charge < -0.3 is 4.90 Å². The normalized spacial score (nSPS) is 17.9. The highest BCUT2D eigenvalue weighted by Gasteiger charge is 2.17. The molecule has 1 rings (SSSR count). The van der Waals surface area contributed by atoms with Crippen LogP contribution in [-0.4, -0.2) is 30.9 Å². The number of hydrogen-bond acceptors (Lipinski definition) is 1. The number of hydrogen-bond donors (Lipinski definition) is 0. The topological polar surface area (TPSA) is 3.24 Å². The maximum Gasteiger partial charge on any atom is 0.0452 e. The summed E-state index contributed by atoms with van der Waals surface area (Å²) < 4.78 is 0. The van der Waals surface area contributed by atoms with Gasteiger partial charge in [0.15, 0.2) is 0 Å². The Morgan fingerprint density at radius 2 is 2.17 bits per heavy atom. The lowest BCUT2D eigenvalue weighted by atomic mass is 9.85. The molecule has 24 heavy (non-hydrogen) atoms. The predicted molar refractivity (Wildman–Crippen MR) is 110 cm³/mol. The molecule has 132 valence electrons. The summed E-state index contributed by atoms with van der Waals surface area (Å²) in [4.78, 5) is 2.30. The molecule has 0 amide bonds. The molecule has 2 heteroatoms. The number of allylic oxidation sites excluding steroid dienone is 10. The molecule has 0 heterocycles. The number of alkyl halides is 1. The lowest BCUT2D eigenvalue weighted by Gasteiger charge is -2.24. The van der Waals surface area contributed by atoms with Gasteiger partial charge in [-0.2, -0.15) is 0 Å². The molecule has 0 aromatic carbocycles. The van der Waals surface area contributed by atoms with Crippen molar-refractivity contribution in [1.29, 1.82) is 0 Å². The zero-order valence-electron chi connectivity index (χ0n) is 15.9. The van der Waals surface area contributed by atoms with Crippen molar-refractivity contribution < 1.29 is 0 Å². The molecular weight excluding hydrogens is 314 g/mol. The molecule has 1 aliphatic rings. The first-order valence-corrected chi connectivity index (χ1v) is 9.27. The Morgan fingerprint density at radius 1 is 1.46 bits per heavy atom. The number of halogens is 1. The van der Waals surface area contributed by atoms with Crippen LogP contribution in [0.3, 0.4) is 0 Å². The summed E-state index contributed by atoms with van der Waals surface area (Å²) in [6.45, 7) is 14.5. The zero-order chi connectivity index (χ0) is 18.1. The Morgan fingerprint density at radius 3 is 2.75 bits per heavy atom. The minimum atomic E-state index is 0.338. The molecule has 0 spiro atoms. The molecule has 0 saturated heterocycles. The van der Waals surface area contributed by atoms with Crippen molar-refractivity contribution in [2.24, 2.45) is 5.92 Å². The summed E-state index contributed by atoms with van der Waals surface area (Å²) >= 11 is 6.35. The second kappa shape index (κ2) is 10.5.